The average molecular weight is 721 g/mol. The number of aromatic nitrogens is 3. The van der Waals surface area contributed by atoms with E-state index in [2.05, 4.69) is 186 Å². The van der Waals surface area contributed by atoms with Gasteiger partial charge in [-0.05, 0) is 131 Å². The van der Waals surface area contributed by atoms with Crippen LogP contribution in [0.3, 0.4) is 0 Å². The van der Waals surface area contributed by atoms with E-state index in [0.717, 1.165) is 47.0 Å². The maximum Gasteiger partial charge on any atom is 0.168 e. The molecule has 4 nitrogen and oxygen atoms in total. The molecule has 56 heavy (non-hydrogen) atoms. The molecule has 8 aromatic carbocycles. The highest BCUT2D eigenvalue weighted by Crippen LogP contribution is 2.39. The lowest BCUT2D eigenvalue weighted by atomic mass is 9.83. The van der Waals surface area contributed by atoms with Gasteiger partial charge in [0.2, 0.25) is 0 Å². The number of aryl methyl sites for hydroxylation is 2. The third-order valence-electron chi connectivity index (χ3n) is 11.1. The summed E-state index contributed by atoms with van der Waals surface area (Å²) < 4.78 is 2.15. The highest BCUT2D eigenvalue weighted by molar-refractivity contribution is 5.91. The van der Waals surface area contributed by atoms with Crippen LogP contribution < -0.4 is 4.90 Å². The molecule has 268 valence electrons. The predicted molar refractivity (Wildman–Crippen MR) is 231 cm³/mol. The van der Waals surface area contributed by atoms with Crippen LogP contribution in [0.2, 0.25) is 0 Å². The van der Waals surface area contributed by atoms with Gasteiger partial charge in [0, 0.05) is 33.9 Å². The van der Waals surface area contributed by atoms with Gasteiger partial charge in [-0.1, -0.05) is 133 Å². The molecule has 0 saturated heterocycles. The molecule has 1 aliphatic rings. The second-order valence-corrected chi connectivity index (χ2v) is 15.0. The first-order valence-corrected chi connectivity index (χ1v) is 19.3. The molecule has 1 aliphatic carbocycles. The van der Waals surface area contributed by atoms with Gasteiger partial charge in [0.05, 0.1) is 0 Å². The quantitative estimate of drug-likeness (QED) is 0.164. The van der Waals surface area contributed by atoms with Crippen molar-refractivity contribution in [2.24, 2.45) is 0 Å². The third-order valence-corrected chi connectivity index (χ3v) is 11.1. The molecule has 9 aromatic rings. The molecule has 0 spiro atoms. The van der Waals surface area contributed by atoms with Crippen LogP contribution in [0.15, 0.2) is 182 Å². The fourth-order valence-corrected chi connectivity index (χ4v) is 8.26. The number of hydrogen-bond donors (Lipinski definition) is 0. The average Bonchev–Trinajstić information content (AvgIpc) is 3.68. The Morgan fingerprint density at radius 3 is 1.59 bits per heavy atom. The summed E-state index contributed by atoms with van der Waals surface area (Å²) in [5.41, 5.74) is 17.1. The van der Waals surface area contributed by atoms with Gasteiger partial charge in [0.15, 0.2) is 11.6 Å². The molecule has 1 aromatic heterocycles. The molecule has 1 heterocycles. The molecule has 0 aliphatic heterocycles. The summed E-state index contributed by atoms with van der Waals surface area (Å²) in [7, 11) is 0. The standard InChI is InChI=1S/C52H40N4/c1-35-11-9-17-48(27-35)55(49-18-10-12-36(2)28-49)50-26-25-42-31-44-32-43-29-40(23-24-41(43)30-45(44)33-46(42)34-50)37-19-21-39(22-20-37)52-54-53-51(38-13-5-3-6-14-38)56(52)47-15-7-4-8-16-47/h3-29,31,33-34H,30,32H2,1-2H3. The lowest BCUT2D eigenvalue weighted by molar-refractivity contribution is 1.01. The zero-order valence-corrected chi connectivity index (χ0v) is 31.5. The minimum atomic E-state index is 0.820. The van der Waals surface area contributed by atoms with Crippen molar-refractivity contribution in [1.29, 1.82) is 0 Å². The summed E-state index contributed by atoms with van der Waals surface area (Å²) in [5.74, 6) is 1.64. The van der Waals surface area contributed by atoms with E-state index in [1.54, 1.807) is 0 Å². The number of para-hydroxylation sites is 1. The molecule has 0 saturated carbocycles. The zero-order chi connectivity index (χ0) is 37.6. The van der Waals surface area contributed by atoms with Gasteiger partial charge in [0.25, 0.3) is 0 Å². The maximum absolute atomic E-state index is 4.70. The topological polar surface area (TPSA) is 34.0 Å². The lowest BCUT2D eigenvalue weighted by Gasteiger charge is -2.27. The molecular formula is C52H40N4. The molecule has 0 bridgehead atoms. The van der Waals surface area contributed by atoms with Crippen LogP contribution in [-0.2, 0) is 12.8 Å². The van der Waals surface area contributed by atoms with Gasteiger partial charge in [0.1, 0.15) is 0 Å². The fraction of sp³-hybridized carbons (Fsp3) is 0.0769. The van der Waals surface area contributed by atoms with E-state index < -0.39 is 0 Å². The molecule has 0 N–H and O–H groups in total. The molecule has 0 unspecified atom stereocenters. The smallest absolute Gasteiger partial charge is 0.168 e. The van der Waals surface area contributed by atoms with Gasteiger partial charge in [-0.25, -0.2) is 0 Å². The number of benzene rings is 8. The highest BCUT2D eigenvalue weighted by Gasteiger charge is 2.20. The SMILES string of the molecule is Cc1cccc(N(c2cccc(C)c2)c2ccc3cc4c(cc3c2)Cc2ccc(-c3ccc(-c5nnc(-c6ccccc6)n5-c5ccccc5)cc3)cc2C4)c1. The van der Waals surface area contributed by atoms with Crippen LogP contribution in [0.4, 0.5) is 17.1 Å². The molecule has 0 radical (unpaired) electrons. The molecule has 0 amide bonds. The van der Waals surface area contributed by atoms with Gasteiger partial charge in [-0.2, -0.15) is 0 Å². The van der Waals surface area contributed by atoms with Crippen molar-refractivity contribution in [1.82, 2.24) is 14.8 Å². The Hall–Kier alpha value is -7.04. The first-order chi connectivity index (χ1) is 27.5. The van der Waals surface area contributed by atoms with Crippen LogP contribution in [0.5, 0.6) is 0 Å². The maximum atomic E-state index is 4.70. The van der Waals surface area contributed by atoms with E-state index in [1.165, 1.54) is 66.7 Å². The monoisotopic (exact) mass is 720 g/mol. The normalized spacial score (nSPS) is 12.0. The third kappa shape index (κ3) is 6.25. The van der Waals surface area contributed by atoms with Crippen molar-refractivity contribution in [3.63, 3.8) is 0 Å². The van der Waals surface area contributed by atoms with Crippen molar-refractivity contribution in [3.8, 4) is 39.6 Å². The van der Waals surface area contributed by atoms with Crippen molar-refractivity contribution < 1.29 is 0 Å². The van der Waals surface area contributed by atoms with Crippen molar-refractivity contribution in [2.75, 3.05) is 4.90 Å². The largest absolute Gasteiger partial charge is 0.310 e. The van der Waals surface area contributed by atoms with Crippen molar-refractivity contribution in [2.45, 2.75) is 26.7 Å². The summed E-state index contributed by atoms with van der Waals surface area (Å²) in [6, 6.07) is 65.6. The molecule has 0 fully saturated rings. The van der Waals surface area contributed by atoms with Crippen LogP contribution >= 0.6 is 0 Å². The Morgan fingerprint density at radius 1 is 0.393 bits per heavy atom. The van der Waals surface area contributed by atoms with Crippen LogP contribution in [0.25, 0.3) is 50.4 Å². The molecule has 10 rings (SSSR count). The summed E-state index contributed by atoms with van der Waals surface area (Å²) >= 11 is 0. The van der Waals surface area contributed by atoms with Crippen molar-refractivity contribution >= 4 is 27.8 Å². The van der Waals surface area contributed by atoms with E-state index >= 15 is 0 Å². The number of nitrogens with zero attached hydrogens (tertiary/aromatic N) is 4. The van der Waals surface area contributed by atoms with E-state index in [1.807, 2.05) is 24.3 Å². The Bertz CT molecular complexity index is 2830. The van der Waals surface area contributed by atoms with E-state index in [-0.39, 0.29) is 0 Å². The van der Waals surface area contributed by atoms with E-state index in [0.29, 0.717) is 0 Å². The van der Waals surface area contributed by atoms with Gasteiger partial charge in [-0.3, -0.25) is 4.57 Å². The minimum Gasteiger partial charge on any atom is -0.310 e. The van der Waals surface area contributed by atoms with Crippen molar-refractivity contribution in [3.05, 3.63) is 215 Å². The minimum absolute atomic E-state index is 0.820. The highest BCUT2D eigenvalue weighted by atomic mass is 15.3. The number of hydrogen-bond acceptors (Lipinski definition) is 3. The van der Waals surface area contributed by atoms with Crippen LogP contribution in [0.1, 0.15) is 33.4 Å². The Labute approximate surface area is 328 Å². The number of anilines is 3. The van der Waals surface area contributed by atoms with E-state index in [4.69, 9.17) is 5.10 Å². The second kappa shape index (κ2) is 14.0. The summed E-state index contributed by atoms with van der Waals surface area (Å²) in [4.78, 5) is 2.37. The predicted octanol–water partition coefficient (Wildman–Crippen LogP) is 13.0. The Kier molecular flexibility index (Phi) is 8.37. The molecule has 0 atom stereocenters. The first-order valence-electron chi connectivity index (χ1n) is 19.3. The first kappa shape index (κ1) is 33.5. The van der Waals surface area contributed by atoms with Crippen LogP contribution in [-0.4, -0.2) is 14.8 Å². The van der Waals surface area contributed by atoms with Gasteiger partial charge in [-0.15, -0.1) is 10.2 Å². The van der Waals surface area contributed by atoms with Gasteiger partial charge < -0.3 is 4.90 Å². The summed E-state index contributed by atoms with van der Waals surface area (Å²) in [5, 5.41) is 11.9. The molecular weight excluding hydrogens is 681 g/mol. The number of fused-ring (bicyclic) bond motifs is 3. The Balaban J connectivity index is 0.944. The van der Waals surface area contributed by atoms with Crippen LogP contribution in [0, 0.1) is 13.8 Å². The van der Waals surface area contributed by atoms with Gasteiger partial charge >= 0.3 is 0 Å². The molecule has 4 heteroatoms. The summed E-state index contributed by atoms with van der Waals surface area (Å²) in [6.45, 7) is 4.31. The summed E-state index contributed by atoms with van der Waals surface area (Å²) in [6.07, 6.45) is 1.86. The second-order valence-electron chi connectivity index (χ2n) is 15.0. The lowest BCUT2D eigenvalue weighted by Crippen LogP contribution is -2.10. The zero-order valence-electron chi connectivity index (χ0n) is 31.5. The Morgan fingerprint density at radius 2 is 0.929 bits per heavy atom. The fourth-order valence-electron chi connectivity index (χ4n) is 8.26. The van der Waals surface area contributed by atoms with E-state index in [9.17, 15) is 0 Å². The number of rotatable bonds is 7.